The Kier molecular flexibility index (Phi) is 5.28. The summed E-state index contributed by atoms with van der Waals surface area (Å²) in [6.45, 7) is 1.19. The van der Waals surface area contributed by atoms with Gasteiger partial charge in [0.05, 0.1) is 10.8 Å². The Morgan fingerprint density at radius 1 is 1.03 bits per heavy atom. The van der Waals surface area contributed by atoms with E-state index in [1.807, 2.05) is 0 Å². The zero-order valence-electron chi connectivity index (χ0n) is 16.9. The monoisotopic (exact) mass is 434 g/mol. The van der Waals surface area contributed by atoms with Gasteiger partial charge in [-0.15, -0.1) is 0 Å². The highest BCUT2D eigenvalue weighted by molar-refractivity contribution is 7.99. The Morgan fingerprint density at radius 3 is 2.21 bits per heavy atom. The van der Waals surface area contributed by atoms with Gasteiger partial charge in [-0.25, -0.2) is 13.4 Å². The Bertz CT molecular complexity index is 841. The molecule has 0 amide bonds. The maximum atomic E-state index is 13.2. The van der Waals surface area contributed by atoms with Crippen molar-refractivity contribution in [3.63, 3.8) is 0 Å². The molecule has 1 aromatic heterocycles. The molecule has 1 aromatic rings. The predicted molar refractivity (Wildman–Crippen MR) is 113 cm³/mol. The van der Waals surface area contributed by atoms with Gasteiger partial charge >= 0.3 is 0 Å². The fourth-order valence-corrected chi connectivity index (χ4v) is 8.94. The molecular formula is C22H30N2O3S2. The highest BCUT2D eigenvalue weighted by Gasteiger charge is 2.54. The van der Waals surface area contributed by atoms with Crippen LogP contribution in [0.4, 0.5) is 0 Å². The van der Waals surface area contributed by atoms with Gasteiger partial charge in [-0.2, -0.15) is 4.31 Å². The fourth-order valence-electron chi connectivity index (χ4n) is 6.60. The molecule has 4 saturated carbocycles. The molecule has 158 valence electrons. The van der Waals surface area contributed by atoms with Gasteiger partial charge in [0.1, 0.15) is 10.7 Å². The topological polar surface area (TPSA) is 67.3 Å². The van der Waals surface area contributed by atoms with Crippen LogP contribution in [0.25, 0.3) is 0 Å². The Labute approximate surface area is 178 Å². The number of ketones is 1. The predicted octanol–water partition coefficient (Wildman–Crippen LogP) is 4.13. The molecule has 4 bridgehead atoms. The number of sulfonamides is 1. The lowest BCUT2D eigenvalue weighted by molar-refractivity contribution is -0.141. The Balaban J connectivity index is 1.22. The second-order valence-corrected chi connectivity index (χ2v) is 12.6. The molecule has 0 unspecified atom stereocenters. The fraction of sp³-hybridized carbons (Fsp3) is 0.727. The van der Waals surface area contributed by atoms with Gasteiger partial charge in [-0.1, -0.05) is 18.2 Å². The lowest BCUT2D eigenvalue weighted by Gasteiger charge is -2.56. The lowest BCUT2D eigenvalue weighted by Crippen LogP contribution is -2.50. The van der Waals surface area contributed by atoms with Gasteiger partial charge in [-0.3, -0.25) is 4.79 Å². The van der Waals surface area contributed by atoms with Crippen LogP contribution in [-0.2, 0) is 14.8 Å². The van der Waals surface area contributed by atoms with Crippen LogP contribution in [0, 0.1) is 23.2 Å². The Morgan fingerprint density at radius 2 is 1.66 bits per heavy atom. The summed E-state index contributed by atoms with van der Waals surface area (Å²) in [6.07, 6.45) is 11.7. The molecule has 4 aliphatic carbocycles. The number of pyridine rings is 1. The van der Waals surface area contributed by atoms with Gasteiger partial charge in [-0.05, 0) is 81.3 Å². The van der Waals surface area contributed by atoms with Crippen LogP contribution in [0.3, 0.4) is 0 Å². The summed E-state index contributed by atoms with van der Waals surface area (Å²) in [6, 6.07) is 3.41. The number of rotatable bonds is 6. The highest BCUT2D eigenvalue weighted by Crippen LogP contribution is 2.60. The van der Waals surface area contributed by atoms with Crippen molar-refractivity contribution >= 4 is 27.6 Å². The van der Waals surface area contributed by atoms with Crippen LogP contribution in [0.2, 0.25) is 0 Å². The van der Waals surface area contributed by atoms with E-state index in [0.29, 0.717) is 24.6 Å². The SMILES string of the molecule is O=C(CSc1ccc(S(=O)(=O)N2CCCCC2)cn1)C12CC3CC(CC(C3)C1)C2. The summed E-state index contributed by atoms with van der Waals surface area (Å²) in [5.41, 5.74) is -0.0701. The summed E-state index contributed by atoms with van der Waals surface area (Å²) in [4.78, 5) is 17.8. The van der Waals surface area contributed by atoms with Crippen LogP contribution in [0.15, 0.2) is 28.3 Å². The van der Waals surface area contributed by atoms with Crippen molar-refractivity contribution in [2.75, 3.05) is 18.8 Å². The number of Topliss-reactive ketones (excluding diaryl/α,β-unsaturated/α-hetero) is 1. The molecule has 0 aromatic carbocycles. The zero-order chi connectivity index (χ0) is 20.1. The number of hydrogen-bond donors (Lipinski definition) is 0. The van der Waals surface area contributed by atoms with Crippen molar-refractivity contribution in [3.8, 4) is 0 Å². The molecule has 0 atom stereocenters. The first-order valence-electron chi connectivity index (χ1n) is 11.1. The van der Waals surface area contributed by atoms with Crippen molar-refractivity contribution in [1.29, 1.82) is 0 Å². The molecule has 7 heteroatoms. The van der Waals surface area contributed by atoms with Crippen LogP contribution in [-0.4, -0.2) is 42.3 Å². The zero-order valence-corrected chi connectivity index (χ0v) is 18.5. The molecule has 2 heterocycles. The summed E-state index contributed by atoms with van der Waals surface area (Å²) in [5, 5.41) is 0.737. The first-order chi connectivity index (χ1) is 13.9. The van der Waals surface area contributed by atoms with E-state index < -0.39 is 10.0 Å². The quantitative estimate of drug-likeness (QED) is 0.630. The van der Waals surface area contributed by atoms with Gasteiger partial charge in [0.2, 0.25) is 10.0 Å². The number of carbonyl (C=O) groups is 1. The number of hydrogen-bond acceptors (Lipinski definition) is 5. The van der Waals surface area contributed by atoms with Crippen molar-refractivity contribution < 1.29 is 13.2 Å². The first-order valence-corrected chi connectivity index (χ1v) is 13.5. The third-order valence-electron chi connectivity index (χ3n) is 7.64. The van der Waals surface area contributed by atoms with E-state index in [1.165, 1.54) is 37.2 Å². The molecule has 0 spiro atoms. The van der Waals surface area contributed by atoms with Gasteiger partial charge < -0.3 is 0 Å². The number of piperidine rings is 1. The molecule has 1 aliphatic heterocycles. The van der Waals surface area contributed by atoms with Gasteiger partial charge in [0.25, 0.3) is 0 Å². The van der Waals surface area contributed by atoms with Gasteiger partial charge in [0, 0.05) is 24.7 Å². The van der Waals surface area contributed by atoms with E-state index in [2.05, 4.69) is 4.98 Å². The average Bonchev–Trinajstić information content (AvgIpc) is 2.72. The van der Waals surface area contributed by atoms with E-state index in [9.17, 15) is 13.2 Å². The molecule has 5 nitrogen and oxygen atoms in total. The minimum absolute atomic E-state index is 0.0701. The van der Waals surface area contributed by atoms with E-state index >= 15 is 0 Å². The van der Waals surface area contributed by atoms with E-state index in [4.69, 9.17) is 0 Å². The number of thioether (sulfide) groups is 1. The maximum Gasteiger partial charge on any atom is 0.244 e. The largest absolute Gasteiger partial charge is 0.298 e. The third kappa shape index (κ3) is 3.79. The third-order valence-corrected chi connectivity index (χ3v) is 10.5. The maximum absolute atomic E-state index is 13.2. The minimum Gasteiger partial charge on any atom is -0.298 e. The van der Waals surface area contributed by atoms with Crippen molar-refractivity contribution in [2.45, 2.75) is 67.7 Å². The molecule has 0 radical (unpaired) electrons. The average molecular weight is 435 g/mol. The second-order valence-electron chi connectivity index (χ2n) is 9.71. The molecule has 0 N–H and O–H groups in total. The van der Waals surface area contributed by atoms with Crippen LogP contribution < -0.4 is 0 Å². The summed E-state index contributed by atoms with van der Waals surface area (Å²) in [7, 11) is -3.45. The van der Waals surface area contributed by atoms with E-state index in [0.717, 1.165) is 61.3 Å². The van der Waals surface area contributed by atoms with Gasteiger partial charge in [0.15, 0.2) is 0 Å². The molecule has 5 aliphatic rings. The second kappa shape index (κ2) is 7.65. The molecular weight excluding hydrogens is 404 g/mol. The normalized spacial score (nSPS) is 34.4. The first kappa shape index (κ1) is 20.0. The van der Waals surface area contributed by atoms with E-state index in [1.54, 1.807) is 16.4 Å². The standard InChI is InChI=1S/C22H30N2O3S2/c25-20(22-11-16-8-17(12-22)10-18(9-16)13-22)15-28-21-5-4-19(14-23-21)29(26,27)24-6-2-1-3-7-24/h4-5,14,16-18H,1-3,6-13,15H2. The summed E-state index contributed by atoms with van der Waals surface area (Å²) in [5.74, 6) is 3.17. The minimum atomic E-state index is -3.45. The molecule has 1 saturated heterocycles. The summed E-state index contributed by atoms with van der Waals surface area (Å²) < 4.78 is 27.1. The highest BCUT2D eigenvalue weighted by atomic mass is 32.2. The van der Waals surface area contributed by atoms with Crippen LogP contribution >= 0.6 is 11.8 Å². The Hall–Kier alpha value is -0.920. The van der Waals surface area contributed by atoms with E-state index in [-0.39, 0.29) is 10.3 Å². The smallest absolute Gasteiger partial charge is 0.244 e. The number of aromatic nitrogens is 1. The van der Waals surface area contributed by atoms with Crippen LogP contribution in [0.5, 0.6) is 0 Å². The molecule has 6 rings (SSSR count). The number of carbonyl (C=O) groups excluding carboxylic acids is 1. The molecule has 5 fully saturated rings. The van der Waals surface area contributed by atoms with Crippen molar-refractivity contribution in [3.05, 3.63) is 18.3 Å². The number of nitrogens with zero attached hydrogens (tertiary/aromatic N) is 2. The lowest BCUT2D eigenvalue weighted by atomic mass is 9.48. The summed E-state index contributed by atoms with van der Waals surface area (Å²) >= 11 is 1.46. The van der Waals surface area contributed by atoms with Crippen molar-refractivity contribution in [2.24, 2.45) is 23.2 Å². The van der Waals surface area contributed by atoms with Crippen molar-refractivity contribution in [1.82, 2.24) is 9.29 Å². The molecule has 29 heavy (non-hydrogen) atoms. The van der Waals surface area contributed by atoms with Crippen LogP contribution in [0.1, 0.15) is 57.8 Å².